The molecule has 25 heavy (non-hydrogen) atoms. The Kier molecular flexibility index (Phi) is 6.44. The Morgan fingerprint density at radius 2 is 2.16 bits per heavy atom. The maximum atomic E-state index is 12.8. The fourth-order valence-electron chi connectivity index (χ4n) is 3.46. The third-order valence-electron chi connectivity index (χ3n) is 4.45. The van der Waals surface area contributed by atoms with E-state index in [0.717, 1.165) is 30.8 Å². The molecule has 1 aromatic rings. The molecule has 0 spiro atoms. The van der Waals surface area contributed by atoms with E-state index in [4.69, 9.17) is 4.74 Å². The van der Waals surface area contributed by atoms with Gasteiger partial charge in [0.1, 0.15) is 11.4 Å². The molecular formula is C20H33N3O2. The van der Waals surface area contributed by atoms with Gasteiger partial charge in [-0.2, -0.15) is 0 Å². The van der Waals surface area contributed by atoms with Crippen LogP contribution >= 0.6 is 0 Å². The SMILES string of the molecule is CCCN(C(=O)OC(C)(C)C)c1ncccc1[C@@H]1CCCN1C(C)C. The molecule has 0 aliphatic carbocycles. The lowest BCUT2D eigenvalue weighted by atomic mass is 10.0. The zero-order valence-corrected chi connectivity index (χ0v) is 16.6. The Morgan fingerprint density at radius 3 is 2.76 bits per heavy atom. The molecule has 140 valence electrons. The quantitative estimate of drug-likeness (QED) is 0.769. The van der Waals surface area contributed by atoms with Crippen molar-refractivity contribution in [3.8, 4) is 0 Å². The highest BCUT2D eigenvalue weighted by atomic mass is 16.6. The molecule has 0 unspecified atom stereocenters. The lowest BCUT2D eigenvalue weighted by molar-refractivity contribution is 0.0578. The second-order valence-electron chi connectivity index (χ2n) is 8.04. The van der Waals surface area contributed by atoms with Gasteiger partial charge in [0.15, 0.2) is 0 Å². The molecule has 0 saturated carbocycles. The molecular weight excluding hydrogens is 314 g/mol. The van der Waals surface area contributed by atoms with E-state index >= 15 is 0 Å². The van der Waals surface area contributed by atoms with Crippen molar-refractivity contribution in [3.05, 3.63) is 23.9 Å². The zero-order chi connectivity index (χ0) is 18.6. The van der Waals surface area contributed by atoms with Crippen LogP contribution < -0.4 is 4.90 Å². The Morgan fingerprint density at radius 1 is 1.44 bits per heavy atom. The van der Waals surface area contributed by atoms with E-state index in [1.54, 1.807) is 11.1 Å². The number of ether oxygens (including phenoxy) is 1. The fraction of sp³-hybridized carbons (Fsp3) is 0.700. The second kappa shape index (κ2) is 8.17. The highest BCUT2D eigenvalue weighted by Gasteiger charge is 2.33. The second-order valence-corrected chi connectivity index (χ2v) is 8.04. The number of pyridine rings is 1. The monoisotopic (exact) mass is 347 g/mol. The molecule has 1 saturated heterocycles. The van der Waals surface area contributed by atoms with E-state index in [-0.39, 0.29) is 6.09 Å². The van der Waals surface area contributed by atoms with Gasteiger partial charge >= 0.3 is 6.09 Å². The van der Waals surface area contributed by atoms with Crippen molar-refractivity contribution in [2.45, 2.75) is 78.5 Å². The number of likely N-dealkylation sites (tertiary alicyclic amines) is 1. The lowest BCUT2D eigenvalue weighted by Gasteiger charge is -2.32. The number of amides is 1. The molecule has 0 N–H and O–H groups in total. The first-order chi connectivity index (χ1) is 11.7. The number of carbonyl (C=O) groups is 1. The molecule has 1 aliphatic rings. The van der Waals surface area contributed by atoms with Gasteiger partial charge in [0.05, 0.1) is 0 Å². The highest BCUT2D eigenvalue weighted by Crippen LogP contribution is 2.37. The van der Waals surface area contributed by atoms with E-state index in [2.05, 4.69) is 36.7 Å². The molecule has 1 aromatic heterocycles. The first-order valence-electron chi connectivity index (χ1n) is 9.45. The van der Waals surface area contributed by atoms with E-state index < -0.39 is 5.60 Å². The van der Waals surface area contributed by atoms with Crippen LogP contribution in [0.15, 0.2) is 18.3 Å². The summed E-state index contributed by atoms with van der Waals surface area (Å²) < 4.78 is 5.63. The van der Waals surface area contributed by atoms with E-state index in [9.17, 15) is 4.79 Å². The van der Waals surface area contributed by atoms with Gasteiger partial charge in [-0.3, -0.25) is 9.80 Å². The van der Waals surface area contributed by atoms with Gasteiger partial charge < -0.3 is 4.74 Å². The smallest absolute Gasteiger partial charge is 0.416 e. The van der Waals surface area contributed by atoms with Crippen LogP contribution in [-0.4, -0.2) is 40.7 Å². The van der Waals surface area contributed by atoms with Crippen molar-refractivity contribution < 1.29 is 9.53 Å². The van der Waals surface area contributed by atoms with Crippen LogP contribution in [0, 0.1) is 0 Å². The average molecular weight is 348 g/mol. The summed E-state index contributed by atoms with van der Waals surface area (Å²) in [4.78, 5) is 21.6. The summed E-state index contributed by atoms with van der Waals surface area (Å²) in [6.07, 6.45) is 4.58. The van der Waals surface area contributed by atoms with Gasteiger partial charge in [-0.25, -0.2) is 9.78 Å². The number of anilines is 1. The van der Waals surface area contributed by atoms with Crippen LogP contribution in [0.5, 0.6) is 0 Å². The van der Waals surface area contributed by atoms with Crippen LogP contribution in [0.2, 0.25) is 0 Å². The van der Waals surface area contributed by atoms with Gasteiger partial charge in [0, 0.05) is 30.4 Å². The highest BCUT2D eigenvalue weighted by molar-refractivity contribution is 5.87. The first kappa shape index (κ1) is 19.7. The summed E-state index contributed by atoms with van der Waals surface area (Å²) in [6.45, 7) is 13.9. The van der Waals surface area contributed by atoms with E-state index in [1.807, 2.05) is 26.8 Å². The van der Waals surface area contributed by atoms with Gasteiger partial charge in [-0.05, 0) is 66.5 Å². The first-order valence-corrected chi connectivity index (χ1v) is 9.45. The topological polar surface area (TPSA) is 45.7 Å². The molecule has 1 fully saturated rings. The molecule has 1 amide bonds. The van der Waals surface area contributed by atoms with Crippen molar-refractivity contribution >= 4 is 11.9 Å². The number of nitrogens with zero attached hydrogens (tertiary/aromatic N) is 3. The van der Waals surface area contributed by atoms with Crippen molar-refractivity contribution in [1.29, 1.82) is 0 Å². The third-order valence-corrected chi connectivity index (χ3v) is 4.45. The maximum absolute atomic E-state index is 12.8. The van der Waals surface area contributed by atoms with Crippen molar-refractivity contribution in [2.75, 3.05) is 18.0 Å². The molecule has 5 heteroatoms. The lowest BCUT2D eigenvalue weighted by Crippen LogP contribution is -2.39. The number of carbonyl (C=O) groups excluding carboxylic acids is 1. The molecule has 0 bridgehead atoms. The van der Waals surface area contributed by atoms with Crippen molar-refractivity contribution in [1.82, 2.24) is 9.88 Å². The summed E-state index contributed by atoms with van der Waals surface area (Å²) in [7, 11) is 0. The summed E-state index contributed by atoms with van der Waals surface area (Å²) in [5, 5.41) is 0. The van der Waals surface area contributed by atoms with Gasteiger partial charge in [0.25, 0.3) is 0 Å². The van der Waals surface area contributed by atoms with Crippen molar-refractivity contribution in [2.24, 2.45) is 0 Å². The van der Waals surface area contributed by atoms with Crippen LogP contribution in [0.25, 0.3) is 0 Å². The Balaban J connectivity index is 2.37. The maximum Gasteiger partial charge on any atom is 0.416 e. The standard InChI is InChI=1S/C20H33N3O2/c1-7-13-23(19(24)25-20(4,5)6)18-16(10-8-12-21-18)17-11-9-14-22(17)15(2)3/h8,10,12,15,17H,7,9,11,13-14H2,1-6H3/t17-/m0/s1. The Bertz CT molecular complexity index is 581. The molecule has 2 rings (SSSR count). The number of hydrogen-bond acceptors (Lipinski definition) is 4. The molecule has 1 atom stereocenters. The predicted octanol–water partition coefficient (Wildman–Crippen LogP) is 4.78. The Labute approximate surface area is 152 Å². The van der Waals surface area contributed by atoms with E-state index in [0.29, 0.717) is 18.6 Å². The van der Waals surface area contributed by atoms with Crippen LogP contribution in [0.4, 0.5) is 10.6 Å². The minimum Gasteiger partial charge on any atom is -0.443 e. The summed E-state index contributed by atoms with van der Waals surface area (Å²) >= 11 is 0. The van der Waals surface area contributed by atoms with Gasteiger partial charge in [-0.1, -0.05) is 13.0 Å². The van der Waals surface area contributed by atoms with Crippen LogP contribution in [-0.2, 0) is 4.74 Å². The van der Waals surface area contributed by atoms with E-state index in [1.165, 1.54) is 6.42 Å². The zero-order valence-electron chi connectivity index (χ0n) is 16.6. The fourth-order valence-corrected chi connectivity index (χ4v) is 3.46. The molecule has 0 aromatic carbocycles. The van der Waals surface area contributed by atoms with Crippen molar-refractivity contribution in [3.63, 3.8) is 0 Å². The van der Waals surface area contributed by atoms with Crippen LogP contribution in [0.1, 0.15) is 72.4 Å². The number of aromatic nitrogens is 1. The largest absolute Gasteiger partial charge is 0.443 e. The average Bonchev–Trinajstić information content (AvgIpc) is 3.00. The van der Waals surface area contributed by atoms with Crippen LogP contribution in [0.3, 0.4) is 0 Å². The molecule has 2 heterocycles. The summed E-state index contributed by atoms with van der Waals surface area (Å²) in [6, 6.07) is 4.86. The molecule has 5 nitrogen and oxygen atoms in total. The van der Waals surface area contributed by atoms with Gasteiger partial charge in [-0.15, -0.1) is 0 Å². The normalized spacial score (nSPS) is 18.6. The Hall–Kier alpha value is -1.62. The predicted molar refractivity (Wildman–Crippen MR) is 102 cm³/mol. The summed E-state index contributed by atoms with van der Waals surface area (Å²) in [5.74, 6) is 0.746. The number of rotatable bonds is 5. The molecule has 1 aliphatic heterocycles. The third kappa shape index (κ3) is 4.94. The minimum atomic E-state index is -0.519. The minimum absolute atomic E-state index is 0.311. The molecule has 0 radical (unpaired) electrons. The van der Waals surface area contributed by atoms with Gasteiger partial charge in [0.2, 0.25) is 0 Å². The number of hydrogen-bond donors (Lipinski definition) is 0. The summed E-state index contributed by atoms with van der Waals surface area (Å²) in [5.41, 5.74) is 0.614.